The van der Waals surface area contributed by atoms with E-state index in [0.29, 0.717) is 0 Å². The largest absolute Gasteiger partial charge is 0.347 e. The molecule has 0 spiro atoms. The Morgan fingerprint density at radius 1 is 1.24 bits per heavy atom. The molecule has 0 heterocycles. The van der Waals surface area contributed by atoms with Crippen molar-refractivity contribution < 1.29 is 18.4 Å². The molecule has 0 aliphatic carbocycles. The monoisotopic (exact) mass is 299 g/mol. The minimum atomic E-state index is -0.671. The number of amides is 3. The molecule has 1 atom stereocenters. The van der Waals surface area contributed by atoms with Crippen LogP contribution in [0.5, 0.6) is 0 Å². The van der Waals surface area contributed by atoms with Crippen LogP contribution in [0.4, 0.5) is 13.6 Å². The fraction of sp³-hybridized carbons (Fsp3) is 0.429. The third kappa shape index (κ3) is 4.40. The number of carbonyl (C=O) groups is 2. The quantitative estimate of drug-likeness (QED) is 0.921. The zero-order chi connectivity index (χ0) is 16.2. The molecule has 7 heteroatoms. The molecule has 0 unspecified atom stereocenters. The van der Waals surface area contributed by atoms with Crippen LogP contribution < -0.4 is 5.32 Å². The molecule has 116 valence electrons. The minimum absolute atomic E-state index is 0.0755. The number of nitrogens with zero attached hydrogens (tertiary/aromatic N) is 2. The van der Waals surface area contributed by atoms with Crippen molar-refractivity contribution in [1.82, 2.24) is 15.1 Å². The van der Waals surface area contributed by atoms with E-state index in [1.807, 2.05) is 0 Å². The Bertz CT molecular complexity index is 535. The molecule has 5 nitrogen and oxygen atoms in total. The van der Waals surface area contributed by atoms with Crippen LogP contribution >= 0.6 is 0 Å². The summed E-state index contributed by atoms with van der Waals surface area (Å²) in [6.45, 7) is 1.42. The van der Waals surface area contributed by atoms with Crippen molar-refractivity contribution in [2.75, 3.05) is 27.7 Å². The summed E-state index contributed by atoms with van der Waals surface area (Å²) < 4.78 is 26.9. The summed E-state index contributed by atoms with van der Waals surface area (Å²) in [5.74, 6) is -1.43. The average molecular weight is 299 g/mol. The molecular weight excluding hydrogens is 280 g/mol. The number of urea groups is 1. The van der Waals surface area contributed by atoms with Crippen LogP contribution in [-0.4, -0.2) is 49.4 Å². The summed E-state index contributed by atoms with van der Waals surface area (Å²) in [6.07, 6.45) is 0. The molecule has 1 aromatic carbocycles. The smallest absolute Gasteiger partial charge is 0.318 e. The molecule has 0 aliphatic rings. The van der Waals surface area contributed by atoms with Crippen molar-refractivity contribution in [2.45, 2.75) is 13.0 Å². The molecule has 0 radical (unpaired) electrons. The molecule has 0 bridgehead atoms. The van der Waals surface area contributed by atoms with Gasteiger partial charge in [0.05, 0.1) is 12.6 Å². The Morgan fingerprint density at radius 3 is 2.43 bits per heavy atom. The van der Waals surface area contributed by atoms with Gasteiger partial charge in [0.1, 0.15) is 11.6 Å². The van der Waals surface area contributed by atoms with E-state index in [9.17, 15) is 18.4 Å². The highest BCUT2D eigenvalue weighted by atomic mass is 19.1. The zero-order valence-corrected chi connectivity index (χ0v) is 12.5. The third-order valence-corrected chi connectivity index (χ3v) is 3.20. The van der Waals surface area contributed by atoms with E-state index in [1.54, 1.807) is 21.0 Å². The van der Waals surface area contributed by atoms with Gasteiger partial charge in [0.2, 0.25) is 5.91 Å². The lowest BCUT2D eigenvalue weighted by Gasteiger charge is -2.26. The molecule has 1 N–H and O–H groups in total. The molecule has 0 saturated carbocycles. The number of rotatable bonds is 4. The van der Waals surface area contributed by atoms with Gasteiger partial charge in [-0.2, -0.15) is 0 Å². The molecule has 1 rings (SSSR count). The van der Waals surface area contributed by atoms with E-state index in [1.165, 1.54) is 16.8 Å². The molecular formula is C14H19F2N3O2. The van der Waals surface area contributed by atoms with Crippen molar-refractivity contribution in [3.8, 4) is 0 Å². The Balaban J connectivity index is 2.73. The SMILES string of the molecule is C[C@@H](c1cc(F)ccc1F)N(C)C(=O)NCC(=O)N(C)C. The zero-order valence-electron chi connectivity index (χ0n) is 12.5. The van der Waals surface area contributed by atoms with E-state index in [-0.39, 0.29) is 18.0 Å². The molecule has 0 saturated heterocycles. The summed E-state index contributed by atoms with van der Waals surface area (Å²) >= 11 is 0. The summed E-state index contributed by atoms with van der Waals surface area (Å²) in [5, 5.41) is 2.43. The molecule has 21 heavy (non-hydrogen) atoms. The predicted molar refractivity (Wildman–Crippen MR) is 74.6 cm³/mol. The summed E-state index contributed by atoms with van der Waals surface area (Å²) in [5.41, 5.74) is 0.0755. The van der Waals surface area contributed by atoms with E-state index in [2.05, 4.69) is 5.32 Å². The first-order valence-corrected chi connectivity index (χ1v) is 6.39. The van der Waals surface area contributed by atoms with Crippen molar-refractivity contribution in [3.63, 3.8) is 0 Å². The van der Waals surface area contributed by atoms with Crippen molar-refractivity contribution >= 4 is 11.9 Å². The maximum absolute atomic E-state index is 13.7. The lowest BCUT2D eigenvalue weighted by Crippen LogP contribution is -2.43. The standard InChI is InChI=1S/C14H19F2N3O2/c1-9(11-7-10(15)5-6-12(11)16)19(4)14(21)17-8-13(20)18(2)3/h5-7,9H,8H2,1-4H3,(H,17,21)/t9-/m0/s1. The van der Waals surface area contributed by atoms with Crippen LogP contribution in [0.3, 0.4) is 0 Å². The first kappa shape index (κ1) is 16.9. The maximum Gasteiger partial charge on any atom is 0.318 e. The first-order valence-electron chi connectivity index (χ1n) is 6.39. The summed E-state index contributed by atoms with van der Waals surface area (Å²) in [7, 11) is 4.59. The second kappa shape index (κ2) is 7.01. The van der Waals surface area contributed by atoms with Gasteiger partial charge in [-0.1, -0.05) is 0 Å². The van der Waals surface area contributed by atoms with Gasteiger partial charge in [-0.25, -0.2) is 13.6 Å². The molecule has 1 aromatic rings. The number of likely N-dealkylation sites (N-methyl/N-ethyl adjacent to an activating group) is 1. The van der Waals surface area contributed by atoms with Crippen LogP contribution in [0.2, 0.25) is 0 Å². The number of halogens is 2. The minimum Gasteiger partial charge on any atom is -0.347 e. The van der Waals surface area contributed by atoms with Gasteiger partial charge >= 0.3 is 6.03 Å². The lowest BCUT2D eigenvalue weighted by atomic mass is 10.1. The van der Waals surface area contributed by atoms with Gasteiger partial charge in [0.15, 0.2) is 0 Å². The molecule has 0 aliphatic heterocycles. The van der Waals surface area contributed by atoms with Gasteiger partial charge in [0.25, 0.3) is 0 Å². The number of carbonyl (C=O) groups excluding carboxylic acids is 2. The number of benzene rings is 1. The highest BCUT2D eigenvalue weighted by Crippen LogP contribution is 2.22. The van der Waals surface area contributed by atoms with Crippen LogP contribution in [0.1, 0.15) is 18.5 Å². The van der Waals surface area contributed by atoms with Crippen LogP contribution in [0, 0.1) is 11.6 Å². The normalized spacial score (nSPS) is 11.7. The van der Waals surface area contributed by atoms with Crippen molar-refractivity contribution in [2.24, 2.45) is 0 Å². The average Bonchev–Trinajstić information content (AvgIpc) is 2.45. The van der Waals surface area contributed by atoms with Crippen molar-refractivity contribution in [1.29, 1.82) is 0 Å². The van der Waals surface area contributed by atoms with Gasteiger partial charge in [-0.05, 0) is 25.1 Å². The third-order valence-electron chi connectivity index (χ3n) is 3.20. The fourth-order valence-corrected chi connectivity index (χ4v) is 1.65. The van der Waals surface area contributed by atoms with Gasteiger partial charge < -0.3 is 15.1 Å². The molecule has 0 aromatic heterocycles. The fourth-order valence-electron chi connectivity index (χ4n) is 1.65. The number of nitrogens with one attached hydrogen (secondary N) is 1. The highest BCUT2D eigenvalue weighted by Gasteiger charge is 2.21. The van der Waals surface area contributed by atoms with Gasteiger partial charge in [-0.15, -0.1) is 0 Å². The molecule has 3 amide bonds. The van der Waals surface area contributed by atoms with E-state index in [4.69, 9.17) is 0 Å². The van der Waals surface area contributed by atoms with Crippen molar-refractivity contribution in [3.05, 3.63) is 35.4 Å². The first-order chi connectivity index (χ1) is 9.73. The van der Waals surface area contributed by atoms with E-state index in [0.717, 1.165) is 18.2 Å². The topological polar surface area (TPSA) is 52.7 Å². The lowest BCUT2D eigenvalue weighted by molar-refractivity contribution is -0.127. The van der Waals surface area contributed by atoms with Crippen LogP contribution in [0.15, 0.2) is 18.2 Å². The van der Waals surface area contributed by atoms with Gasteiger partial charge in [-0.3, -0.25) is 4.79 Å². The maximum atomic E-state index is 13.7. The second-order valence-electron chi connectivity index (χ2n) is 4.90. The van der Waals surface area contributed by atoms with E-state index < -0.39 is 23.7 Å². The van der Waals surface area contributed by atoms with Gasteiger partial charge in [0, 0.05) is 26.7 Å². The summed E-state index contributed by atoms with van der Waals surface area (Å²) in [6, 6.07) is 1.87. The molecule has 0 fully saturated rings. The number of hydrogen-bond acceptors (Lipinski definition) is 2. The van der Waals surface area contributed by atoms with Crippen LogP contribution in [-0.2, 0) is 4.79 Å². The van der Waals surface area contributed by atoms with E-state index >= 15 is 0 Å². The Labute approximate surface area is 122 Å². The van der Waals surface area contributed by atoms with Crippen LogP contribution in [0.25, 0.3) is 0 Å². The predicted octanol–water partition coefficient (Wildman–Crippen LogP) is 1.76. The Kier molecular flexibility index (Phi) is 5.63. The highest BCUT2D eigenvalue weighted by molar-refractivity contribution is 5.83. The number of hydrogen-bond donors (Lipinski definition) is 1. The summed E-state index contributed by atoms with van der Waals surface area (Å²) in [4.78, 5) is 25.9. The Morgan fingerprint density at radius 2 is 1.86 bits per heavy atom. The Hall–Kier alpha value is -2.18. The second-order valence-corrected chi connectivity index (χ2v) is 4.90.